The van der Waals surface area contributed by atoms with Crippen molar-refractivity contribution in [1.29, 1.82) is 0 Å². The Bertz CT molecular complexity index is 1100. The summed E-state index contributed by atoms with van der Waals surface area (Å²) in [5, 5.41) is 10.6. The van der Waals surface area contributed by atoms with E-state index in [0.29, 0.717) is 36.2 Å². The Morgan fingerprint density at radius 2 is 1.88 bits per heavy atom. The third-order valence-corrected chi connectivity index (χ3v) is 10.3. The summed E-state index contributed by atoms with van der Waals surface area (Å²) in [5.74, 6) is 2.37. The van der Waals surface area contributed by atoms with Crippen LogP contribution in [0.1, 0.15) is 55.1 Å². The van der Waals surface area contributed by atoms with Gasteiger partial charge in [0.15, 0.2) is 0 Å². The number of phenols is 1. The second-order valence-corrected chi connectivity index (χ2v) is 11.5. The fraction of sp³-hybridized carbons (Fsp3) is 0.643. The number of anilines is 1. The molecule has 6 rings (SSSR count). The monoisotopic (exact) mass is 461 g/mol. The predicted molar refractivity (Wildman–Crippen MR) is 135 cm³/mol. The van der Waals surface area contributed by atoms with Gasteiger partial charge in [-0.3, -0.25) is 4.90 Å². The first-order valence-electron chi connectivity index (χ1n) is 13.1. The summed E-state index contributed by atoms with van der Waals surface area (Å²) < 4.78 is 0. The zero-order valence-corrected chi connectivity index (χ0v) is 21.1. The van der Waals surface area contributed by atoms with Crippen LogP contribution in [0.15, 0.2) is 24.3 Å². The number of likely N-dealkylation sites (tertiary alicyclic amines) is 1. The van der Waals surface area contributed by atoms with Crippen LogP contribution in [0.25, 0.3) is 0 Å². The largest absolute Gasteiger partial charge is 0.508 e. The average Bonchev–Trinajstić information content (AvgIpc) is 3.22. The van der Waals surface area contributed by atoms with Crippen LogP contribution in [0, 0.1) is 31.1 Å². The van der Waals surface area contributed by atoms with Gasteiger partial charge in [0.25, 0.3) is 0 Å². The molecular formula is C28H39N5O. The Morgan fingerprint density at radius 1 is 1.15 bits per heavy atom. The molecule has 3 fully saturated rings. The second-order valence-electron chi connectivity index (χ2n) is 11.5. The number of aromatic hydroxyl groups is 1. The molecular weight excluding hydrogens is 422 g/mol. The first kappa shape index (κ1) is 22.3. The highest BCUT2D eigenvalue weighted by atomic mass is 16.3. The van der Waals surface area contributed by atoms with Crippen LogP contribution in [0.5, 0.6) is 5.75 Å². The summed E-state index contributed by atoms with van der Waals surface area (Å²) in [4.78, 5) is 14.8. The van der Waals surface area contributed by atoms with Crippen molar-refractivity contribution < 1.29 is 5.11 Å². The molecule has 3 N–H and O–H groups in total. The van der Waals surface area contributed by atoms with E-state index in [0.717, 1.165) is 36.8 Å². The van der Waals surface area contributed by atoms with Gasteiger partial charge in [-0.05, 0) is 99.5 Å². The number of fused-ring (bicyclic) bond motifs is 1. The standard InChI is InChI=1S/C28H39N5O/c1-17-13-18(2)31-26(30-17)32(4)25-8-10-27-9-7-23(25)28(27)21(16-33(12-11-29)19(27)3)14-20-5-6-22(34)15-24(20)28/h5-6,13,15,19,21,23,25,34H,7-12,14,16,29H2,1-4H3. The minimum absolute atomic E-state index is 0.0988. The maximum absolute atomic E-state index is 10.6. The number of aromatic nitrogens is 2. The summed E-state index contributed by atoms with van der Waals surface area (Å²) >= 11 is 0. The number of hydrogen-bond donors (Lipinski definition) is 2. The molecule has 4 aliphatic rings. The maximum Gasteiger partial charge on any atom is 0.225 e. The van der Waals surface area contributed by atoms with Crippen molar-refractivity contribution in [2.24, 2.45) is 23.0 Å². The Balaban J connectivity index is 1.50. The van der Waals surface area contributed by atoms with E-state index >= 15 is 0 Å². The minimum atomic E-state index is 0.0988. The van der Waals surface area contributed by atoms with Crippen molar-refractivity contribution in [1.82, 2.24) is 14.9 Å². The number of benzene rings is 1. The Labute approximate surface area is 203 Å². The fourth-order valence-corrected chi connectivity index (χ4v) is 9.29. The Kier molecular flexibility index (Phi) is 5.02. The molecule has 0 amide bonds. The zero-order valence-electron chi connectivity index (χ0n) is 21.1. The molecule has 2 bridgehead atoms. The third-order valence-electron chi connectivity index (χ3n) is 10.3. The number of aryl methyl sites for hydroxylation is 2. The molecule has 1 aromatic carbocycles. The normalized spacial score (nSPS) is 36.1. The van der Waals surface area contributed by atoms with Crippen LogP contribution in [0.2, 0.25) is 0 Å². The number of rotatable bonds is 4. The van der Waals surface area contributed by atoms with Crippen molar-refractivity contribution in [2.75, 3.05) is 31.6 Å². The number of piperidine rings is 1. The molecule has 2 aromatic rings. The van der Waals surface area contributed by atoms with Crippen LogP contribution < -0.4 is 10.6 Å². The first-order chi connectivity index (χ1) is 16.3. The van der Waals surface area contributed by atoms with E-state index in [1.54, 1.807) is 0 Å². The molecule has 6 unspecified atom stereocenters. The molecule has 0 radical (unpaired) electrons. The molecule has 6 nitrogen and oxygen atoms in total. The lowest BCUT2D eigenvalue weighted by Crippen LogP contribution is -2.69. The van der Waals surface area contributed by atoms with Gasteiger partial charge in [-0.15, -0.1) is 0 Å². The van der Waals surface area contributed by atoms with E-state index < -0.39 is 0 Å². The summed E-state index contributed by atoms with van der Waals surface area (Å²) in [6.45, 7) is 9.38. The SMILES string of the molecule is Cc1cc(C)nc(N(C)C2CCC34CCC2C32c3cc(O)ccc3CC2CN(CCN)C4C)n1. The van der Waals surface area contributed by atoms with Crippen LogP contribution in [-0.2, 0) is 11.8 Å². The van der Waals surface area contributed by atoms with E-state index in [1.807, 2.05) is 6.07 Å². The first-order valence-corrected chi connectivity index (χ1v) is 13.1. The lowest BCUT2D eigenvalue weighted by molar-refractivity contribution is -0.104. The Hall–Kier alpha value is -2.18. The van der Waals surface area contributed by atoms with Gasteiger partial charge in [0.1, 0.15) is 5.75 Å². The van der Waals surface area contributed by atoms with Gasteiger partial charge < -0.3 is 15.7 Å². The van der Waals surface area contributed by atoms with Gasteiger partial charge in [0.2, 0.25) is 5.95 Å². The molecule has 3 aliphatic carbocycles. The minimum Gasteiger partial charge on any atom is -0.508 e. The van der Waals surface area contributed by atoms with Gasteiger partial charge in [-0.25, -0.2) is 9.97 Å². The highest BCUT2D eigenvalue weighted by Gasteiger charge is 2.73. The zero-order chi connectivity index (χ0) is 23.8. The van der Waals surface area contributed by atoms with Crippen molar-refractivity contribution in [3.05, 3.63) is 46.8 Å². The smallest absolute Gasteiger partial charge is 0.225 e. The predicted octanol–water partition coefficient (Wildman–Crippen LogP) is 3.57. The summed E-state index contributed by atoms with van der Waals surface area (Å²) in [7, 11) is 2.21. The van der Waals surface area contributed by atoms with Crippen molar-refractivity contribution in [2.45, 2.75) is 70.4 Å². The highest BCUT2D eigenvalue weighted by molar-refractivity contribution is 5.52. The summed E-state index contributed by atoms with van der Waals surface area (Å²) in [6, 6.07) is 9.17. The molecule has 2 saturated carbocycles. The number of phenolic OH excluding ortho intramolecular Hbond substituents is 1. The van der Waals surface area contributed by atoms with Crippen molar-refractivity contribution >= 4 is 5.95 Å². The second kappa shape index (κ2) is 7.66. The third kappa shape index (κ3) is 2.75. The van der Waals surface area contributed by atoms with E-state index in [-0.39, 0.29) is 10.8 Å². The van der Waals surface area contributed by atoms with Crippen LogP contribution in [0.3, 0.4) is 0 Å². The van der Waals surface area contributed by atoms with Crippen molar-refractivity contribution in [3.8, 4) is 5.75 Å². The molecule has 6 heteroatoms. The van der Waals surface area contributed by atoms with Crippen molar-refractivity contribution in [3.63, 3.8) is 0 Å². The molecule has 1 aromatic heterocycles. The quantitative estimate of drug-likeness (QED) is 0.725. The Morgan fingerprint density at radius 3 is 2.62 bits per heavy atom. The molecule has 1 aliphatic heterocycles. The lowest BCUT2D eigenvalue weighted by atomic mass is 9.45. The summed E-state index contributed by atoms with van der Waals surface area (Å²) in [5.41, 5.74) is 11.4. The molecule has 6 atom stereocenters. The molecule has 34 heavy (non-hydrogen) atoms. The average molecular weight is 462 g/mol. The van der Waals surface area contributed by atoms with Gasteiger partial charge >= 0.3 is 0 Å². The highest BCUT2D eigenvalue weighted by Crippen LogP contribution is 2.74. The van der Waals surface area contributed by atoms with Crippen LogP contribution in [0.4, 0.5) is 5.95 Å². The van der Waals surface area contributed by atoms with Gasteiger partial charge in [0, 0.05) is 55.6 Å². The fourth-order valence-electron chi connectivity index (χ4n) is 9.29. The van der Waals surface area contributed by atoms with E-state index in [4.69, 9.17) is 15.7 Å². The van der Waals surface area contributed by atoms with E-state index in [9.17, 15) is 5.11 Å². The van der Waals surface area contributed by atoms with Gasteiger partial charge in [0.05, 0.1) is 0 Å². The van der Waals surface area contributed by atoms with Gasteiger partial charge in [-0.2, -0.15) is 0 Å². The number of hydrogen-bond acceptors (Lipinski definition) is 6. The van der Waals surface area contributed by atoms with Crippen LogP contribution in [-0.4, -0.2) is 58.7 Å². The molecule has 182 valence electrons. The number of nitrogens with two attached hydrogens (primary N) is 1. The lowest BCUT2D eigenvalue weighted by Gasteiger charge is -2.65. The van der Waals surface area contributed by atoms with Crippen LogP contribution >= 0.6 is 0 Å². The van der Waals surface area contributed by atoms with E-state index in [1.165, 1.54) is 36.8 Å². The van der Waals surface area contributed by atoms with E-state index in [2.05, 4.69) is 55.8 Å². The molecule has 2 heterocycles. The topological polar surface area (TPSA) is 78.5 Å². The number of nitrogens with zero attached hydrogens (tertiary/aromatic N) is 4. The summed E-state index contributed by atoms with van der Waals surface area (Å²) in [6.07, 6.45) is 5.96. The molecule has 1 saturated heterocycles. The van der Waals surface area contributed by atoms with Gasteiger partial charge in [-0.1, -0.05) is 6.07 Å². The molecule has 1 spiro atoms. The maximum atomic E-state index is 10.6.